The average molecular weight is 278 g/mol. The van der Waals surface area contributed by atoms with Crippen molar-refractivity contribution in [3.63, 3.8) is 0 Å². The van der Waals surface area contributed by atoms with Gasteiger partial charge in [-0.15, -0.1) is 6.58 Å². The molecule has 0 unspecified atom stereocenters. The molecule has 0 saturated carbocycles. The van der Waals surface area contributed by atoms with Crippen molar-refractivity contribution in [2.75, 3.05) is 19.8 Å². The van der Waals surface area contributed by atoms with Crippen molar-refractivity contribution in [1.82, 2.24) is 5.32 Å². The molecule has 20 heavy (non-hydrogen) atoms. The lowest BCUT2D eigenvalue weighted by molar-refractivity contribution is -0.122. The van der Waals surface area contributed by atoms with Crippen molar-refractivity contribution in [1.29, 1.82) is 0 Å². The number of hydrogen-bond donors (Lipinski definition) is 3. The van der Waals surface area contributed by atoms with Gasteiger partial charge in [-0.2, -0.15) is 0 Å². The Morgan fingerprint density at radius 3 is 2.75 bits per heavy atom. The number of benzene rings is 1. The fourth-order valence-electron chi connectivity index (χ4n) is 1.62. The first-order chi connectivity index (χ1) is 9.63. The summed E-state index contributed by atoms with van der Waals surface area (Å²) in [5.74, 6) is -0.00570. The molecule has 1 aromatic rings. The number of carbonyl (C=O) groups is 1. The minimum atomic E-state index is -0.604. The van der Waals surface area contributed by atoms with Crippen LogP contribution in [0.2, 0.25) is 0 Å². The Kier molecular flexibility index (Phi) is 7.39. The fourth-order valence-corrected chi connectivity index (χ4v) is 1.62. The summed E-state index contributed by atoms with van der Waals surface area (Å²) >= 11 is 0. The Morgan fingerprint density at radius 2 is 2.10 bits per heavy atom. The minimum absolute atomic E-state index is 0.198. The zero-order chi connectivity index (χ0) is 14.8. The lowest BCUT2D eigenvalue weighted by Crippen LogP contribution is -2.43. The molecule has 110 valence electrons. The van der Waals surface area contributed by atoms with Crippen LogP contribution in [0, 0.1) is 0 Å². The number of aromatic hydroxyl groups is 1. The zero-order valence-corrected chi connectivity index (χ0v) is 11.5. The predicted octanol–water partition coefficient (Wildman–Crippen LogP) is 0.971. The van der Waals surface area contributed by atoms with Crippen LogP contribution in [-0.4, -0.2) is 36.8 Å². The molecular formula is C15H22N2O3. The van der Waals surface area contributed by atoms with E-state index in [0.29, 0.717) is 26.2 Å². The first-order valence-corrected chi connectivity index (χ1v) is 6.63. The Labute approximate surface area is 119 Å². The molecule has 1 atom stereocenters. The van der Waals surface area contributed by atoms with E-state index >= 15 is 0 Å². The molecule has 0 aliphatic carbocycles. The van der Waals surface area contributed by atoms with Crippen LogP contribution < -0.4 is 11.1 Å². The predicted molar refractivity (Wildman–Crippen MR) is 78.4 cm³/mol. The highest BCUT2D eigenvalue weighted by atomic mass is 16.5. The largest absolute Gasteiger partial charge is 0.508 e. The number of phenols is 1. The number of nitrogens with two attached hydrogens (primary N) is 1. The van der Waals surface area contributed by atoms with Crippen molar-refractivity contribution in [3.05, 3.63) is 42.5 Å². The van der Waals surface area contributed by atoms with Crippen LogP contribution in [0.1, 0.15) is 12.0 Å². The lowest BCUT2D eigenvalue weighted by Gasteiger charge is -2.12. The van der Waals surface area contributed by atoms with Crippen LogP contribution in [0.5, 0.6) is 5.75 Å². The fraction of sp³-hybridized carbons (Fsp3) is 0.400. The van der Waals surface area contributed by atoms with Gasteiger partial charge in [0.15, 0.2) is 0 Å². The number of carbonyl (C=O) groups excluding carboxylic acids is 1. The summed E-state index contributed by atoms with van der Waals surface area (Å²) in [7, 11) is 0. The maximum atomic E-state index is 11.7. The SMILES string of the molecule is C=CCCOCCNC(=O)[C@@H](N)Cc1ccc(O)cc1. The molecule has 0 bridgehead atoms. The van der Waals surface area contributed by atoms with Crippen LogP contribution in [0.4, 0.5) is 0 Å². The highest BCUT2D eigenvalue weighted by Gasteiger charge is 2.13. The summed E-state index contributed by atoms with van der Waals surface area (Å²) in [6.45, 7) is 5.11. The molecule has 4 N–H and O–H groups in total. The second kappa shape index (κ2) is 9.12. The molecule has 1 amide bonds. The molecule has 0 fully saturated rings. The molecule has 0 radical (unpaired) electrons. The van der Waals surface area contributed by atoms with Crippen LogP contribution in [0.3, 0.4) is 0 Å². The van der Waals surface area contributed by atoms with Gasteiger partial charge >= 0.3 is 0 Å². The van der Waals surface area contributed by atoms with Gasteiger partial charge in [-0.25, -0.2) is 0 Å². The first-order valence-electron chi connectivity index (χ1n) is 6.63. The van der Waals surface area contributed by atoms with E-state index in [1.54, 1.807) is 30.3 Å². The summed E-state index contributed by atoms with van der Waals surface area (Å²) in [5, 5.41) is 11.9. The third-order valence-corrected chi connectivity index (χ3v) is 2.74. The smallest absolute Gasteiger partial charge is 0.237 e. The minimum Gasteiger partial charge on any atom is -0.508 e. The van der Waals surface area contributed by atoms with E-state index in [2.05, 4.69) is 11.9 Å². The molecule has 0 heterocycles. The average Bonchev–Trinajstić information content (AvgIpc) is 2.45. The van der Waals surface area contributed by atoms with Gasteiger partial charge in [-0.3, -0.25) is 4.79 Å². The number of nitrogens with one attached hydrogen (secondary N) is 1. The van der Waals surface area contributed by atoms with Gasteiger partial charge in [-0.1, -0.05) is 18.2 Å². The maximum Gasteiger partial charge on any atom is 0.237 e. The van der Waals surface area contributed by atoms with E-state index in [1.165, 1.54) is 0 Å². The number of amides is 1. The second-order valence-electron chi connectivity index (χ2n) is 4.46. The lowest BCUT2D eigenvalue weighted by atomic mass is 10.1. The van der Waals surface area contributed by atoms with Crippen LogP contribution in [-0.2, 0) is 16.0 Å². The molecule has 5 nitrogen and oxygen atoms in total. The Hall–Kier alpha value is -1.85. The maximum absolute atomic E-state index is 11.7. The summed E-state index contributed by atoms with van der Waals surface area (Å²) < 4.78 is 5.28. The summed E-state index contributed by atoms with van der Waals surface area (Å²) in [6, 6.07) is 6.05. The van der Waals surface area contributed by atoms with Crippen LogP contribution in [0.25, 0.3) is 0 Å². The van der Waals surface area contributed by atoms with E-state index in [9.17, 15) is 9.90 Å². The molecule has 0 aliphatic heterocycles. The van der Waals surface area contributed by atoms with Gasteiger partial charge in [0, 0.05) is 6.54 Å². The van der Waals surface area contributed by atoms with Crippen LogP contribution >= 0.6 is 0 Å². The molecule has 5 heteroatoms. The molecule has 1 aromatic carbocycles. The highest BCUT2D eigenvalue weighted by molar-refractivity contribution is 5.81. The zero-order valence-electron chi connectivity index (χ0n) is 11.5. The number of hydrogen-bond acceptors (Lipinski definition) is 4. The number of phenolic OH excluding ortho intramolecular Hbond substituents is 1. The molecule has 1 rings (SSSR count). The number of rotatable bonds is 9. The van der Waals surface area contributed by atoms with Crippen molar-refractivity contribution < 1.29 is 14.6 Å². The van der Waals surface area contributed by atoms with Crippen molar-refractivity contribution in [2.24, 2.45) is 5.73 Å². The summed E-state index contributed by atoms with van der Waals surface area (Å²) in [4.78, 5) is 11.7. The number of ether oxygens (including phenoxy) is 1. The Bertz CT molecular complexity index is 418. The van der Waals surface area contributed by atoms with Crippen molar-refractivity contribution in [2.45, 2.75) is 18.9 Å². The molecular weight excluding hydrogens is 256 g/mol. The Morgan fingerprint density at radius 1 is 1.40 bits per heavy atom. The second-order valence-corrected chi connectivity index (χ2v) is 4.46. The topological polar surface area (TPSA) is 84.6 Å². The monoisotopic (exact) mass is 278 g/mol. The van der Waals surface area contributed by atoms with Gasteiger partial charge in [0.2, 0.25) is 5.91 Å². The van der Waals surface area contributed by atoms with Crippen molar-refractivity contribution >= 4 is 5.91 Å². The van der Waals surface area contributed by atoms with Crippen molar-refractivity contribution in [3.8, 4) is 5.75 Å². The van der Waals surface area contributed by atoms with Crippen LogP contribution in [0.15, 0.2) is 36.9 Å². The van der Waals surface area contributed by atoms with Gasteiger partial charge in [0.25, 0.3) is 0 Å². The summed E-state index contributed by atoms with van der Waals surface area (Å²) in [6.07, 6.45) is 3.02. The quantitative estimate of drug-likeness (QED) is 0.464. The molecule has 0 spiro atoms. The standard InChI is InChI=1S/C15H22N2O3/c1-2-3-9-20-10-8-17-15(19)14(16)11-12-4-6-13(18)7-5-12/h2,4-7,14,18H,1,3,8-11,16H2,(H,17,19)/t14-/m0/s1. The third kappa shape index (κ3) is 6.36. The van der Waals surface area contributed by atoms with Gasteiger partial charge < -0.3 is 20.9 Å². The van der Waals surface area contributed by atoms with Gasteiger partial charge in [0.05, 0.1) is 19.3 Å². The Balaban J connectivity index is 2.22. The molecule has 0 saturated heterocycles. The van der Waals surface area contributed by atoms with E-state index in [0.717, 1.165) is 12.0 Å². The molecule has 0 aliphatic rings. The van der Waals surface area contributed by atoms with E-state index in [1.807, 2.05) is 0 Å². The van der Waals surface area contributed by atoms with E-state index in [4.69, 9.17) is 10.5 Å². The van der Waals surface area contributed by atoms with Gasteiger partial charge in [-0.05, 0) is 30.5 Å². The summed E-state index contributed by atoms with van der Waals surface area (Å²) in [5.41, 5.74) is 6.73. The normalized spacial score (nSPS) is 11.8. The van der Waals surface area contributed by atoms with Gasteiger partial charge in [0.1, 0.15) is 5.75 Å². The van der Waals surface area contributed by atoms with E-state index in [-0.39, 0.29) is 11.7 Å². The highest BCUT2D eigenvalue weighted by Crippen LogP contribution is 2.10. The third-order valence-electron chi connectivity index (χ3n) is 2.74. The molecule has 0 aromatic heterocycles. The first kappa shape index (κ1) is 16.2. The van der Waals surface area contributed by atoms with E-state index < -0.39 is 6.04 Å².